The molecule has 0 aromatic heterocycles. The van der Waals surface area contributed by atoms with Crippen molar-refractivity contribution in [2.45, 2.75) is 19.5 Å². The lowest BCUT2D eigenvalue weighted by molar-refractivity contribution is 0.0376. The normalized spacial score (nSPS) is 16.5. The zero-order chi connectivity index (χ0) is 17.2. The Labute approximate surface area is 145 Å². The lowest BCUT2D eigenvalue weighted by Crippen LogP contribution is -2.39. The maximum atomic E-state index is 5.96. The van der Waals surface area contributed by atoms with E-state index in [1.54, 1.807) is 0 Å². The molecule has 0 amide bonds. The number of hydrogen-bond acceptors (Lipinski definition) is 4. The molecular formula is C18H31N5O. The minimum Gasteiger partial charge on any atom is -0.379 e. The summed E-state index contributed by atoms with van der Waals surface area (Å²) in [6.45, 7) is 7.26. The summed E-state index contributed by atoms with van der Waals surface area (Å²) in [7, 11) is 4.15. The van der Waals surface area contributed by atoms with Crippen molar-refractivity contribution in [1.82, 2.24) is 15.1 Å². The second-order valence-electron chi connectivity index (χ2n) is 6.49. The van der Waals surface area contributed by atoms with Gasteiger partial charge in [-0.05, 0) is 38.2 Å². The van der Waals surface area contributed by atoms with Crippen molar-refractivity contribution in [2.24, 2.45) is 10.7 Å². The number of rotatable bonds is 8. The third kappa shape index (κ3) is 7.29. The minimum atomic E-state index is 0.523. The van der Waals surface area contributed by atoms with Crippen LogP contribution in [-0.2, 0) is 17.8 Å². The molecule has 1 aromatic carbocycles. The Balaban J connectivity index is 1.67. The van der Waals surface area contributed by atoms with Crippen molar-refractivity contribution in [3.8, 4) is 0 Å². The lowest BCUT2D eigenvalue weighted by atomic mass is 10.1. The zero-order valence-corrected chi connectivity index (χ0v) is 15.0. The second kappa shape index (κ2) is 10.3. The SMILES string of the molecule is CN(C)Cc1cccc(CN=C(N)NCCCN2CCOCC2)c1. The number of aliphatic imine (C=N–C) groups is 1. The van der Waals surface area contributed by atoms with Crippen molar-refractivity contribution < 1.29 is 4.74 Å². The summed E-state index contributed by atoms with van der Waals surface area (Å²) in [5.74, 6) is 0.523. The largest absolute Gasteiger partial charge is 0.379 e. The molecular weight excluding hydrogens is 302 g/mol. The van der Waals surface area contributed by atoms with E-state index in [1.807, 2.05) is 0 Å². The third-order valence-corrected chi connectivity index (χ3v) is 3.98. The van der Waals surface area contributed by atoms with Gasteiger partial charge in [0.05, 0.1) is 19.8 Å². The van der Waals surface area contributed by atoms with Crippen molar-refractivity contribution in [2.75, 3.05) is 53.5 Å². The molecule has 1 fully saturated rings. The first kappa shape index (κ1) is 18.7. The van der Waals surface area contributed by atoms with Gasteiger partial charge < -0.3 is 20.7 Å². The molecule has 1 aromatic rings. The average molecular weight is 333 g/mol. The van der Waals surface area contributed by atoms with Crippen LogP contribution in [0.5, 0.6) is 0 Å². The second-order valence-corrected chi connectivity index (χ2v) is 6.49. The number of morpholine rings is 1. The number of nitrogens with one attached hydrogen (secondary N) is 1. The van der Waals surface area contributed by atoms with Gasteiger partial charge in [0.1, 0.15) is 0 Å². The smallest absolute Gasteiger partial charge is 0.188 e. The average Bonchev–Trinajstić information content (AvgIpc) is 2.58. The fourth-order valence-electron chi connectivity index (χ4n) is 2.77. The summed E-state index contributed by atoms with van der Waals surface area (Å²) in [6.07, 6.45) is 1.06. The van der Waals surface area contributed by atoms with Crippen LogP contribution in [-0.4, -0.2) is 69.2 Å². The molecule has 0 bridgehead atoms. The van der Waals surface area contributed by atoms with Crippen LogP contribution in [0.25, 0.3) is 0 Å². The lowest BCUT2D eigenvalue weighted by Gasteiger charge is -2.26. The predicted molar refractivity (Wildman–Crippen MR) is 99.0 cm³/mol. The standard InChI is InChI=1S/C18H31N5O/c1-22(2)15-17-6-3-5-16(13-17)14-21-18(19)20-7-4-8-23-9-11-24-12-10-23/h3,5-6,13H,4,7-12,14-15H2,1-2H3,(H3,19,20,21). The molecule has 0 unspecified atom stereocenters. The first-order valence-electron chi connectivity index (χ1n) is 8.70. The summed E-state index contributed by atoms with van der Waals surface area (Å²) in [5, 5.41) is 3.20. The monoisotopic (exact) mass is 333 g/mol. The van der Waals surface area contributed by atoms with Gasteiger partial charge in [-0.15, -0.1) is 0 Å². The topological polar surface area (TPSA) is 66.1 Å². The number of ether oxygens (including phenoxy) is 1. The van der Waals surface area contributed by atoms with Crippen LogP contribution in [0.3, 0.4) is 0 Å². The maximum absolute atomic E-state index is 5.96. The van der Waals surface area contributed by atoms with Gasteiger partial charge >= 0.3 is 0 Å². The molecule has 0 radical (unpaired) electrons. The van der Waals surface area contributed by atoms with Crippen LogP contribution in [0.2, 0.25) is 0 Å². The predicted octanol–water partition coefficient (Wildman–Crippen LogP) is 0.875. The molecule has 1 heterocycles. The van der Waals surface area contributed by atoms with Gasteiger partial charge in [0.2, 0.25) is 0 Å². The minimum absolute atomic E-state index is 0.523. The van der Waals surface area contributed by atoms with Gasteiger partial charge in [-0.2, -0.15) is 0 Å². The van der Waals surface area contributed by atoms with Crippen LogP contribution in [0.4, 0.5) is 0 Å². The van der Waals surface area contributed by atoms with Crippen LogP contribution in [0.1, 0.15) is 17.5 Å². The van der Waals surface area contributed by atoms with Crippen LogP contribution in [0.15, 0.2) is 29.3 Å². The molecule has 2 rings (SSSR count). The van der Waals surface area contributed by atoms with Crippen LogP contribution >= 0.6 is 0 Å². The Bertz CT molecular complexity index is 512. The Morgan fingerprint density at radius 1 is 1.29 bits per heavy atom. The van der Waals surface area contributed by atoms with Crippen LogP contribution in [0, 0.1) is 0 Å². The van der Waals surface area contributed by atoms with E-state index in [2.05, 4.69) is 58.5 Å². The van der Waals surface area contributed by atoms with E-state index in [9.17, 15) is 0 Å². The Morgan fingerprint density at radius 2 is 2.04 bits per heavy atom. The highest BCUT2D eigenvalue weighted by molar-refractivity contribution is 5.77. The molecule has 0 spiro atoms. The summed E-state index contributed by atoms with van der Waals surface area (Å²) in [4.78, 5) is 9.02. The molecule has 1 aliphatic rings. The van der Waals surface area contributed by atoms with E-state index in [4.69, 9.17) is 10.5 Å². The molecule has 24 heavy (non-hydrogen) atoms. The Morgan fingerprint density at radius 3 is 2.79 bits per heavy atom. The summed E-state index contributed by atoms with van der Waals surface area (Å²) >= 11 is 0. The van der Waals surface area contributed by atoms with E-state index in [0.717, 1.165) is 52.4 Å². The molecule has 134 valence electrons. The molecule has 1 saturated heterocycles. The molecule has 0 atom stereocenters. The van der Waals surface area contributed by atoms with E-state index in [1.165, 1.54) is 11.1 Å². The number of nitrogens with zero attached hydrogens (tertiary/aromatic N) is 3. The zero-order valence-electron chi connectivity index (χ0n) is 15.0. The Hall–Kier alpha value is -1.63. The van der Waals surface area contributed by atoms with E-state index >= 15 is 0 Å². The summed E-state index contributed by atoms with van der Waals surface area (Å²) in [6, 6.07) is 8.50. The van der Waals surface area contributed by atoms with Gasteiger partial charge in [0.15, 0.2) is 5.96 Å². The third-order valence-electron chi connectivity index (χ3n) is 3.98. The maximum Gasteiger partial charge on any atom is 0.188 e. The van der Waals surface area contributed by atoms with Crippen molar-refractivity contribution in [3.05, 3.63) is 35.4 Å². The Kier molecular flexibility index (Phi) is 8.01. The number of benzene rings is 1. The molecule has 0 saturated carbocycles. The van der Waals surface area contributed by atoms with Crippen LogP contribution < -0.4 is 11.1 Å². The molecule has 0 aliphatic carbocycles. The van der Waals surface area contributed by atoms with Gasteiger partial charge in [0, 0.05) is 26.2 Å². The molecule has 6 nitrogen and oxygen atoms in total. The van der Waals surface area contributed by atoms with Gasteiger partial charge in [-0.3, -0.25) is 4.90 Å². The highest BCUT2D eigenvalue weighted by Crippen LogP contribution is 2.08. The molecule has 1 aliphatic heterocycles. The first-order chi connectivity index (χ1) is 11.6. The number of nitrogens with two attached hydrogens (primary N) is 1. The highest BCUT2D eigenvalue weighted by Gasteiger charge is 2.08. The van der Waals surface area contributed by atoms with Crippen molar-refractivity contribution >= 4 is 5.96 Å². The highest BCUT2D eigenvalue weighted by atomic mass is 16.5. The number of guanidine groups is 1. The summed E-state index contributed by atoms with van der Waals surface area (Å²) in [5.41, 5.74) is 8.44. The quantitative estimate of drug-likeness (QED) is 0.420. The van der Waals surface area contributed by atoms with E-state index in [0.29, 0.717) is 12.5 Å². The van der Waals surface area contributed by atoms with Gasteiger partial charge in [-0.25, -0.2) is 4.99 Å². The van der Waals surface area contributed by atoms with E-state index in [-0.39, 0.29) is 0 Å². The molecule has 6 heteroatoms. The summed E-state index contributed by atoms with van der Waals surface area (Å²) < 4.78 is 5.35. The van der Waals surface area contributed by atoms with Gasteiger partial charge in [0.25, 0.3) is 0 Å². The number of hydrogen-bond donors (Lipinski definition) is 2. The van der Waals surface area contributed by atoms with Crippen molar-refractivity contribution in [3.63, 3.8) is 0 Å². The fraction of sp³-hybridized carbons (Fsp3) is 0.611. The van der Waals surface area contributed by atoms with E-state index < -0.39 is 0 Å². The van der Waals surface area contributed by atoms with Gasteiger partial charge in [-0.1, -0.05) is 24.3 Å². The van der Waals surface area contributed by atoms with Crippen molar-refractivity contribution in [1.29, 1.82) is 0 Å². The molecule has 3 N–H and O–H groups in total. The first-order valence-corrected chi connectivity index (χ1v) is 8.70. The fourth-order valence-corrected chi connectivity index (χ4v) is 2.77.